The zero-order valence-electron chi connectivity index (χ0n) is 15.5. The van der Waals surface area contributed by atoms with Crippen molar-refractivity contribution in [1.29, 1.82) is 0 Å². The minimum Gasteiger partial charge on any atom is -0.336 e. The quantitative estimate of drug-likeness (QED) is 0.820. The van der Waals surface area contributed by atoms with Gasteiger partial charge in [-0.1, -0.05) is 23.7 Å². The van der Waals surface area contributed by atoms with Gasteiger partial charge in [0.15, 0.2) is 0 Å². The maximum atomic E-state index is 12.5. The summed E-state index contributed by atoms with van der Waals surface area (Å²) in [4.78, 5) is 32.7. The first-order valence-electron chi connectivity index (χ1n) is 8.93. The molecule has 0 unspecified atom stereocenters. The molecular formula is C20H23ClN4O2. The van der Waals surface area contributed by atoms with Crippen LogP contribution in [0.1, 0.15) is 21.5 Å². The molecule has 142 valence electrons. The third kappa shape index (κ3) is 4.84. The summed E-state index contributed by atoms with van der Waals surface area (Å²) in [6.07, 6.45) is 1.49. The molecule has 2 aromatic rings. The van der Waals surface area contributed by atoms with Gasteiger partial charge in [-0.2, -0.15) is 0 Å². The summed E-state index contributed by atoms with van der Waals surface area (Å²) in [6, 6.07) is 9.17. The van der Waals surface area contributed by atoms with E-state index in [1.54, 1.807) is 17.0 Å². The molecular weight excluding hydrogens is 364 g/mol. The first-order chi connectivity index (χ1) is 12.9. The SMILES string of the molecule is Cc1cccc(NC(=O)CN2CCN(C(=O)c3ccc(Cl)nc3)CC2)c1C. The third-order valence-electron chi connectivity index (χ3n) is 4.88. The number of pyridine rings is 1. The normalized spacial score (nSPS) is 14.9. The molecule has 1 aromatic heterocycles. The lowest BCUT2D eigenvalue weighted by Crippen LogP contribution is -2.50. The summed E-state index contributed by atoms with van der Waals surface area (Å²) in [5.41, 5.74) is 3.61. The number of aromatic nitrogens is 1. The van der Waals surface area contributed by atoms with Crippen LogP contribution in [0.5, 0.6) is 0 Å². The minimum atomic E-state index is -0.0568. The van der Waals surface area contributed by atoms with Crippen LogP contribution < -0.4 is 5.32 Å². The number of aryl methyl sites for hydroxylation is 1. The Bertz CT molecular complexity index is 830. The average Bonchev–Trinajstić information content (AvgIpc) is 2.66. The zero-order chi connectivity index (χ0) is 19.4. The van der Waals surface area contributed by atoms with E-state index in [4.69, 9.17) is 11.6 Å². The number of carbonyl (C=O) groups excluding carboxylic acids is 2. The lowest BCUT2D eigenvalue weighted by molar-refractivity contribution is -0.117. The lowest BCUT2D eigenvalue weighted by Gasteiger charge is -2.34. The molecule has 3 rings (SSSR count). The molecule has 2 amide bonds. The van der Waals surface area contributed by atoms with E-state index in [9.17, 15) is 9.59 Å². The molecule has 0 radical (unpaired) electrons. The van der Waals surface area contributed by atoms with Crippen molar-refractivity contribution >= 4 is 29.1 Å². The van der Waals surface area contributed by atoms with E-state index in [0.29, 0.717) is 43.4 Å². The highest BCUT2D eigenvalue weighted by Crippen LogP contribution is 2.18. The molecule has 0 atom stereocenters. The number of benzene rings is 1. The first kappa shape index (κ1) is 19.3. The standard InChI is InChI=1S/C20H23ClN4O2/c1-14-4-3-5-17(15(14)2)23-19(26)13-24-8-10-25(11-9-24)20(27)16-6-7-18(21)22-12-16/h3-7,12H,8-11,13H2,1-2H3,(H,23,26). The number of halogens is 1. The molecule has 1 aliphatic heterocycles. The second kappa shape index (κ2) is 8.50. The van der Waals surface area contributed by atoms with Crippen molar-refractivity contribution in [2.75, 3.05) is 38.0 Å². The summed E-state index contributed by atoms with van der Waals surface area (Å²) in [7, 11) is 0. The van der Waals surface area contributed by atoms with Crippen molar-refractivity contribution in [3.8, 4) is 0 Å². The third-order valence-corrected chi connectivity index (χ3v) is 5.10. The summed E-state index contributed by atoms with van der Waals surface area (Å²) in [5.74, 6) is -0.0935. The summed E-state index contributed by atoms with van der Waals surface area (Å²) >= 11 is 5.77. The van der Waals surface area contributed by atoms with Gasteiger partial charge in [-0.3, -0.25) is 14.5 Å². The number of amides is 2. The van der Waals surface area contributed by atoms with Crippen LogP contribution in [-0.4, -0.2) is 59.3 Å². The minimum absolute atomic E-state index is 0.0367. The van der Waals surface area contributed by atoms with Gasteiger partial charge in [0.1, 0.15) is 5.15 Å². The molecule has 6 nitrogen and oxygen atoms in total. The second-order valence-corrected chi connectivity index (χ2v) is 7.12. The Morgan fingerprint density at radius 2 is 1.85 bits per heavy atom. The molecule has 1 aromatic carbocycles. The highest BCUT2D eigenvalue weighted by molar-refractivity contribution is 6.29. The van der Waals surface area contributed by atoms with Crippen LogP contribution in [0.2, 0.25) is 5.15 Å². The number of nitrogens with zero attached hydrogens (tertiary/aromatic N) is 3. The van der Waals surface area contributed by atoms with Crippen LogP contribution >= 0.6 is 11.6 Å². The van der Waals surface area contributed by atoms with Gasteiger partial charge in [0.2, 0.25) is 5.91 Å². The number of hydrogen-bond donors (Lipinski definition) is 1. The Labute approximate surface area is 164 Å². The second-order valence-electron chi connectivity index (χ2n) is 6.73. The number of nitrogens with one attached hydrogen (secondary N) is 1. The number of rotatable bonds is 4. The lowest BCUT2D eigenvalue weighted by atomic mass is 10.1. The van der Waals surface area contributed by atoms with E-state index in [-0.39, 0.29) is 11.8 Å². The Morgan fingerprint density at radius 3 is 2.52 bits per heavy atom. The smallest absolute Gasteiger partial charge is 0.255 e. The fourth-order valence-corrected chi connectivity index (χ4v) is 3.19. The van der Waals surface area contributed by atoms with Crippen LogP contribution in [-0.2, 0) is 4.79 Å². The average molecular weight is 387 g/mol. The molecule has 7 heteroatoms. The first-order valence-corrected chi connectivity index (χ1v) is 9.31. The van der Waals surface area contributed by atoms with E-state index in [0.717, 1.165) is 16.8 Å². The summed E-state index contributed by atoms with van der Waals surface area (Å²) in [5, 5.41) is 3.35. The molecule has 2 heterocycles. The van der Waals surface area contributed by atoms with Crippen LogP contribution in [0, 0.1) is 13.8 Å². The van der Waals surface area contributed by atoms with Crippen LogP contribution in [0.4, 0.5) is 5.69 Å². The molecule has 1 aliphatic rings. The molecule has 27 heavy (non-hydrogen) atoms. The van der Waals surface area contributed by atoms with E-state index >= 15 is 0 Å². The van der Waals surface area contributed by atoms with Crippen LogP contribution in [0.3, 0.4) is 0 Å². The largest absolute Gasteiger partial charge is 0.336 e. The molecule has 1 fully saturated rings. The Hall–Kier alpha value is -2.44. The number of hydrogen-bond acceptors (Lipinski definition) is 4. The number of piperazine rings is 1. The molecule has 1 saturated heterocycles. The predicted octanol–water partition coefficient (Wildman–Crippen LogP) is 2.75. The Morgan fingerprint density at radius 1 is 1.11 bits per heavy atom. The zero-order valence-corrected chi connectivity index (χ0v) is 16.3. The molecule has 0 aliphatic carbocycles. The van der Waals surface area contributed by atoms with Crippen LogP contribution in [0.25, 0.3) is 0 Å². The number of carbonyl (C=O) groups is 2. The van der Waals surface area contributed by atoms with Crippen molar-refractivity contribution < 1.29 is 9.59 Å². The van der Waals surface area contributed by atoms with Gasteiger partial charge < -0.3 is 10.2 Å². The molecule has 0 bridgehead atoms. The van der Waals surface area contributed by atoms with Crippen molar-refractivity contribution in [3.63, 3.8) is 0 Å². The molecule has 1 N–H and O–H groups in total. The maximum Gasteiger partial charge on any atom is 0.255 e. The van der Waals surface area contributed by atoms with Gasteiger partial charge in [-0.25, -0.2) is 4.98 Å². The predicted molar refractivity (Wildman–Crippen MR) is 106 cm³/mol. The van der Waals surface area contributed by atoms with Gasteiger partial charge >= 0.3 is 0 Å². The molecule has 0 spiro atoms. The van der Waals surface area contributed by atoms with Gasteiger partial charge in [-0.15, -0.1) is 0 Å². The van der Waals surface area contributed by atoms with Gasteiger partial charge in [0.05, 0.1) is 12.1 Å². The van der Waals surface area contributed by atoms with Crippen molar-refractivity contribution in [2.45, 2.75) is 13.8 Å². The monoisotopic (exact) mass is 386 g/mol. The van der Waals surface area contributed by atoms with E-state index in [1.165, 1.54) is 6.20 Å². The van der Waals surface area contributed by atoms with Gasteiger partial charge in [0, 0.05) is 38.1 Å². The summed E-state index contributed by atoms with van der Waals surface area (Å²) < 4.78 is 0. The fraction of sp³-hybridized carbons (Fsp3) is 0.350. The maximum absolute atomic E-state index is 12.5. The Kier molecular flexibility index (Phi) is 6.08. The molecule has 0 saturated carbocycles. The highest BCUT2D eigenvalue weighted by atomic mass is 35.5. The van der Waals surface area contributed by atoms with Gasteiger partial charge in [0.25, 0.3) is 5.91 Å². The van der Waals surface area contributed by atoms with Crippen molar-refractivity contribution in [3.05, 3.63) is 58.4 Å². The van der Waals surface area contributed by atoms with E-state index in [1.807, 2.05) is 32.0 Å². The van der Waals surface area contributed by atoms with Crippen molar-refractivity contribution in [1.82, 2.24) is 14.8 Å². The Balaban J connectivity index is 1.50. The van der Waals surface area contributed by atoms with Crippen LogP contribution in [0.15, 0.2) is 36.5 Å². The van der Waals surface area contributed by atoms with E-state index in [2.05, 4.69) is 15.2 Å². The van der Waals surface area contributed by atoms with Crippen molar-refractivity contribution in [2.24, 2.45) is 0 Å². The number of anilines is 1. The summed E-state index contributed by atoms with van der Waals surface area (Å²) in [6.45, 7) is 6.83. The van der Waals surface area contributed by atoms with E-state index < -0.39 is 0 Å². The topological polar surface area (TPSA) is 65.5 Å². The van der Waals surface area contributed by atoms with Gasteiger partial charge in [-0.05, 0) is 43.2 Å². The highest BCUT2D eigenvalue weighted by Gasteiger charge is 2.23. The fourth-order valence-electron chi connectivity index (χ4n) is 3.07.